The van der Waals surface area contributed by atoms with Crippen molar-refractivity contribution < 1.29 is 33.4 Å². The SMILES string of the molecule is COC(=O)c1ccc(C(=O)c2ccc(C(=O)OC)cc2C(=O)OC)cc1. The molecule has 0 saturated carbocycles. The maximum absolute atomic E-state index is 12.7. The summed E-state index contributed by atoms with van der Waals surface area (Å²) < 4.78 is 13.9. The van der Waals surface area contributed by atoms with Crippen molar-refractivity contribution in [3.05, 3.63) is 70.3 Å². The van der Waals surface area contributed by atoms with Gasteiger partial charge in [0.05, 0.1) is 38.0 Å². The highest BCUT2D eigenvalue weighted by Gasteiger charge is 2.21. The first-order valence-electron chi connectivity index (χ1n) is 7.46. The van der Waals surface area contributed by atoms with E-state index in [1.54, 1.807) is 0 Å². The number of hydrogen-bond donors (Lipinski definition) is 0. The summed E-state index contributed by atoms with van der Waals surface area (Å²) in [7, 11) is 3.64. The molecule has 0 aliphatic carbocycles. The minimum absolute atomic E-state index is 0.0579. The summed E-state index contributed by atoms with van der Waals surface area (Å²) in [6.07, 6.45) is 0. The average molecular weight is 356 g/mol. The van der Waals surface area contributed by atoms with Crippen LogP contribution in [0.2, 0.25) is 0 Å². The smallest absolute Gasteiger partial charge is 0.338 e. The Balaban J connectivity index is 2.46. The van der Waals surface area contributed by atoms with Gasteiger partial charge in [-0.2, -0.15) is 0 Å². The van der Waals surface area contributed by atoms with Gasteiger partial charge in [-0.25, -0.2) is 14.4 Å². The molecule has 0 unspecified atom stereocenters. The largest absolute Gasteiger partial charge is 0.465 e. The number of carbonyl (C=O) groups is 4. The topological polar surface area (TPSA) is 96.0 Å². The Labute approximate surface area is 149 Å². The predicted octanol–water partition coefficient (Wildman–Crippen LogP) is 2.28. The normalized spacial score (nSPS) is 9.96. The molecule has 0 N–H and O–H groups in total. The summed E-state index contributed by atoms with van der Waals surface area (Å²) in [6.45, 7) is 0. The van der Waals surface area contributed by atoms with Crippen molar-refractivity contribution in [3.8, 4) is 0 Å². The van der Waals surface area contributed by atoms with Crippen LogP contribution in [0.3, 0.4) is 0 Å². The first-order valence-corrected chi connectivity index (χ1v) is 7.46. The Morgan fingerprint density at radius 1 is 0.577 bits per heavy atom. The van der Waals surface area contributed by atoms with E-state index in [0.29, 0.717) is 5.56 Å². The second-order valence-electron chi connectivity index (χ2n) is 5.14. The molecule has 0 amide bonds. The molecule has 0 spiro atoms. The zero-order valence-corrected chi connectivity index (χ0v) is 14.4. The minimum Gasteiger partial charge on any atom is -0.465 e. The summed E-state index contributed by atoms with van der Waals surface area (Å²) in [6, 6.07) is 9.77. The Kier molecular flexibility index (Phi) is 5.85. The van der Waals surface area contributed by atoms with Gasteiger partial charge in [-0.1, -0.05) is 12.1 Å². The molecule has 0 fully saturated rings. The van der Waals surface area contributed by atoms with E-state index in [4.69, 9.17) is 4.74 Å². The lowest BCUT2D eigenvalue weighted by Crippen LogP contribution is -2.14. The van der Waals surface area contributed by atoms with Gasteiger partial charge in [-0.3, -0.25) is 4.79 Å². The van der Waals surface area contributed by atoms with Crippen LogP contribution in [0.1, 0.15) is 47.0 Å². The van der Waals surface area contributed by atoms with E-state index in [2.05, 4.69) is 9.47 Å². The zero-order valence-electron chi connectivity index (χ0n) is 14.4. The fourth-order valence-corrected chi connectivity index (χ4v) is 2.30. The van der Waals surface area contributed by atoms with Crippen LogP contribution >= 0.6 is 0 Å². The first kappa shape index (κ1) is 18.9. The second kappa shape index (κ2) is 8.06. The van der Waals surface area contributed by atoms with Crippen molar-refractivity contribution in [2.45, 2.75) is 0 Å². The van der Waals surface area contributed by atoms with E-state index in [-0.39, 0.29) is 22.3 Å². The number of carbonyl (C=O) groups excluding carboxylic acids is 4. The van der Waals surface area contributed by atoms with Gasteiger partial charge in [0.2, 0.25) is 0 Å². The molecule has 0 bridgehead atoms. The highest BCUT2D eigenvalue weighted by atomic mass is 16.5. The predicted molar refractivity (Wildman–Crippen MR) is 90.3 cm³/mol. The standard InChI is InChI=1S/C19H16O7/c1-24-17(21)12-6-4-11(5-7-12)16(20)14-9-8-13(18(22)25-2)10-15(14)19(23)26-3/h4-10H,1-3H3. The van der Waals surface area contributed by atoms with Crippen LogP contribution < -0.4 is 0 Å². The lowest BCUT2D eigenvalue weighted by molar-refractivity contribution is 0.0586. The summed E-state index contributed by atoms with van der Waals surface area (Å²) in [5.74, 6) is -2.39. The van der Waals surface area contributed by atoms with Crippen molar-refractivity contribution in [2.75, 3.05) is 21.3 Å². The van der Waals surface area contributed by atoms with Gasteiger partial charge < -0.3 is 14.2 Å². The third kappa shape index (κ3) is 3.77. The average Bonchev–Trinajstić information content (AvgIpc) is 2.71. The molecule has 2 aromatic rings. The molecule has 0 saturated heterocycles. The monoisotopic (exact) mass is 356 g/mol. The Morgan fingerprint density at radius 3 is 1.58 bits per heavy atom. The highest BCUT2D eigenvalue weighted by molar-refractivity contribution is 6.15. The summed E-state index contributed by atoms with van der Waals surface area (Å²) in [4.78, 5) is 47.9. The molecular weight excluding hydrogens is 340 g/mol. The molecule has 2 rings (SSSR count). The molecule has 0 heterocycles. The van der Waals surface area contributed by atoms with Crippen LogP contribution in [0.5, 0.6) is 0 Å². The number of hydrogen-bond acceptors (Lipinski definition) is 7. The molecule has 0 aliphatic heterocycles. The van der Waals surface area contributed by atoms with Crippen LogP contribution in [-0.4, -0.2) is 45.0 Å². The molecule has 0 aliphatic rings. The number of ketones is 1. The third-order valence-corrected chi connectivity index (χ3v) is 3.66. The molecule has 2 aromatic carbocycles. The van der Waals surface area contributed by atoms with E-state index in [0.717, 1.165) is 0 Å². The van der Waals surface area contributed by atoms with E-state index >= 15 is 0 Å². The van der Waals surface area contributed by atoms with E-state index in [1.165, 1.54) is 63.8 Å². The Morgan fingerprint density at radius 2 is 1.04 bits per heavy atom. The van der Waals surface area contributed by atoms with Crippen molar-refractivity contribution in [3.63, 3.8) is 0 Å². The number of methoxy groups -OCH3 is 3. The fourth-order valence-electron chi connectivity index (χ4n) is 2.30. The van der Waals surface area contributed by atoms with E-state index in [1.807, 2.05) is 0 Å². The lowest BCUT2D eigenvalue weighted by Gasteiger charge is -2.09. The summed E-state index contributed by atoms with van der Waals surface area (Å²) >= 11 is 0. The van der Waals surface area contributed by atoms with Crippen molar-refractivity contribution in [1.29, 1.82) is 0 Å². The van der Waals surface area contributed by atoms with Gasteiger partial charge in [0.15, 0.2) is 5.78 Å². The minimum atomic E-state index is -0.759. The van der Waals surface area contributed by atoms with Crippen LogP contribution in [0, 0.1) is 0 Å². The van der Waals surface area contributed by atoms with Gasteiger partial charge >= 0.3 is 17.9 Å². The summed E-state index contributed by atoms with van der Waals surface area (Å²) in [5.41, 5.74) is 0.671. The van der Waals surface area contributed by atoms with Crippen LogP contribution in [0.25, 0.3) is 0 Å². The van der Waals surface area contributed by atoms with Crippen molar-refractivity contribution in [2.24, 2.45) is 0 Å². The zero-order chi connectivity index (χ0) is 19.3. The molecule has 26 heavy (non-hydrogen) atoms. The molecule has 0 atom stereocenters. The van der Waals surface area contributed by atoms with Gasteiger partial charge in [-0.05, 0) is 30.3 Å². The third-order valence-electron chi connectivity index (χ3n) is 3.66. The van der Waals surface area contributed by atoms with Crippen LogP contribution in [-0.2, 0) is 14.2 Å². The second-order valence-corrected chi connectivity index (χ2v) is 5.14. The van der Waals surface area contributed by atoms with Crippen molar-refractivity contribution >= 4 is 23.7 Å². The van der Waals surface area contributed by atoms with E-state index in [9.17, 15) is 19.2 Å². The fraction of sp³-hybridized carbons (Fsp3) is 0.158. The molecular formula is C19H16O7. The maximum Gasteiger partial charge on any atom is 0.338 e. The maximum atomic E-state index is 12.7. The molecule has 0 radical (unpaired) electrons. The Bertz CT molecular complexity index is 866. The van der Waals surface area contributed by atoms with Gasteiger partial charge in [0, 0.05) is 11.1 Å². The molecule has 134 valence electrons. The lowest BCUT2D eigenvalue weighted by atomic mass is 9.96. The molecule has 7 heteroatoms. The van der Waals surface area contributed by atoms with Gasteiger partial charge in [0.25, 0.3) is 0 Å². The first-order chi connectivity index (χ1) is 12.4. The van der Waals surface area contributed by atoms with Gasteiger partial charge in [0.1, 0.15) is 0 Å². The Hall–Kier alpha value is -3.48. The van der Waals surface area contributed by atoms with Crippen molar-refractivity contribution in [1.82, 2.24) is 0 Å². The quantitative estimate of drug-likeness (QED) is 0.461. The number of ether oxygens (including phenoxy) is 3. The molecule has 0 aromatic heterocycles. The van der Waals surface area contributed by atoms with Crippen LogP contribution in [0.15, 0.2) is 42.5 Å². The molecule has 7 nitrogen and oxygen atoms in total. The summed E-state index contributed by atoms with van der Waals surface area (Å²) in [5, 5.41) is 0. The highest BCUT2D eigenvalue weighted by Crippen LogP contribution is 2.19. The number of benzene rings is 2. The van der Waals surface area contributed by atoms with E-state index < -0.39 is 23.7 Å². The number of rotatable bonds is 5. The van der Waals surface area contributed by atoms with Gasteiger partial charge in [-0.15, -0.1) is 0 Å². The van der Waals surface area contributed by atoms with Crippen LogP contribution in [0.4, 0.5) is 0 Å². The number of esters is 3.